The molecule has 16 heteroatoms. The van der Waals surface area contributed by atoms with Gasteiger partial charge in [0.1, 0.15) is 23.7 Å². The molecule has 302 valence electrons. The highest BCUT2D eigenvalue weighted by atomic mass is 35.5. The second-order valence-electron chi connectivity index (χ2n) is 16.0. The number of imide groups is 2. The van der Waals surface area contributed by atoms with Crippen LogP contribution in [0.25, 0.3) is 0 Å². The fraction of sp³-hybridized carbons (Fsp3) is 0.476. The van der Waals surface area contributed by atoms with E-state index in [4.69, 9.17) is 21.6 Å². The molecule has 5 aliphatic rings. The number of ether oxygens (including phenoxy) is 1. The number of rotatable bonds is 9. The number of amides is 5. The first-order chi connectivity index (χ1) is 28.0. The number of aromatic nitrogens is 2. The molecule has 4 aliphatic heterocycles. The third kappa shape index (κ3) is 8.26. The molecule has 2 aromatic carbocycles. The first-order valence-electron chi connectivity index (χ1n) is 20.1. The lowest BCUT2D eigenvalue weighted by molar-refractivity contribution is -0.136. The number of hydrogen-bond acceptors (Lipinski definition) is 11. The van der Waals surface area contributed by atoms with Crippen molar-refractivity contribution in [3.05, 3.63) is 81.3 Å². The van der Waals surface area contributed by atoms with Gasteiger partial charge in [0.05, 0.1) is 27.8 Å². The summed E-state index contributed by atoms with van der Waals surface area (Å²) in [7, 11) is 0. The molecule has 1 atom stereocenters. The number of carbonyl (C=O) groups is 5. The van der Waals surface area contributed by atoms with Crippen LogP contribution in [-0.4, -0.2) is 100 Å². The van der Waals surface area contributed by atoms with Crippen LogP contribution >= 0.6 is 11.6 Å². The summed E-state index contributed by atoms with van der Waals surface area (Å²) < 4.78 is 21.5. The summed E-state index contributed by atoms with van der Waals surface area (Å²) in [5.41, 5.74) is 1.17. The van der Waals surface area contributed by atoms with Crippen molar-refractivity contribution in [2.45, 2.75) is 88.3 Å². The molecule has 5 heterocycles. The second kappa shape index (κ2) is 16.8. The number of fused-ring (bicyclic) bond motifs is 1. The first-order valence-corrected chi connectivity index (χ1v) is 20.5. The van der Waals surface area contributed by atoms with Crippen LogP contribution in [0, 0.1) is 23.1 Å². The molecular weight excluding hydrogens is 767 g/mol. The summed E-state index contributed by atoms with van der Waals surface area (Å²) in [5.74, 6) is -1.48. The Hall–Kier alpha value is -5.46. The van der Waals surface area contributed by atoms with Crippen LogP contribution in [0.4, 0.5) is 10.2 Å². The molecule has 5 amide bonds. The Morgan fingerprint density at radius 2 is 1.62 bits per heavy atom. The van der Waals surface area contributed by atoms with E-state index in [9.17, 15) is 24.0 Å². The van der Waals surface area contributed by atoms with E-state index in [1.807, 2.05) is 12.1 Å². The maximum atomic E-state index is 15.5. The van der Waals surface area contributed by atoms with Gasteiger partial charge in [-0.2, -0.15) is 5.26 Å². The number of piperidine rings is 3. The number of carbonyl (C=O) groups excluding carboxylic acids is 5. The summed E-state index contributed by atoms with van der Waals surface area (Å²) in [4.78, 5) is 68.9. The topological polar surface area (TPSA) is 178 Å². The molecule has 3 aromatic rings. The minimum Gasteiger partial charge on any atom is -0.490 e. The van der Waals surface area contributed by atoms with Gasteiger partial charge in [-0.05, 0) is 125 Å². The average molecular weight is 811 g/mol. The molecular formula is C42H44ClFN8O6. The van der Waals surface area contributed by atoms with Crippen molar-refractivity contribution in [1.29, 1.82) is 5.26 Å². The molecule has 0 spiro atoms. The van der Waals surface area contributed by atoms with Gasteiger partial charge in [0, 0.05) is 38.2 Å². The molecule has 3 saturated heterocycles. The quantitative estimate of drug-likeness (QED) is 0.285. The van der Waals surface area contributed by atoms with E-state index in [1.165, 1.54) is 6.07 Å². The van der Waals surface area contributed by atoms with Crippen molar-refractivity contribution >= 4 is 47.0 Å². The van der Waals surface area contributed by atoms with Crippen molar-refractivity contribution in [3.63, 3.8) is 0 Å². The van der Waals surface area contributed by atoms with E-state index in [-0.39, 0.29) is 53.6 Å². The minimum atomic E-state index is -1.09. The van der Waals surface area contributed by atoms with E-state index >= 15 is 4.39 Å². The Balaban J connectivity index is 0.764. The predicted octanol–water partition coefficient (Wildman–Crippen LogP) is 4.76. The lowest BCUT2D eigenvalue weighted by atomic mass is 9.86. The predicted molar refractivity (Wildman–Crippen MR) is 209 cm³/mol. The standard InChI is InChI=1S/C42H44ClFN8O6/c43-33-19-29(4-1-26(33)22-45)58-28-5-2-27(3-6-28)46-39(54)35-7-9-37(49-48-35)51-17-11-24(12-18-51)23-50-15-13-25(14-16-50)30-20-31-32(21-34(30)44)42(57)52(41(31)56)36-8-10-38(53)47-40(36)55/h1,4,7,9,19-21,24-25,27-28,36H,2-3,5-6,8,10-18,23H2,(H,46,54)(H,47,53,55)/t27-,28-,36?. The molecule has 8 rings (SSSR count). The van der Waals surface area contributed by atoms with Gasteiger partial charge in [0.2, 0.25) is 11.8 Å². The second-order valence-corrected chi connectivity index (χ2v) is 16.4. The summed E-state index contributed by atoms with van der Waals surface area (Å²) in [6.45, 7) is 4.15. The Labute approximate surface area is 340 Å². The average Bonchev–Trinajstić information content (AvgIpc) is 3.46. The van der Waals surface area contributed by atoms with Crippen LogP contribution in [0.3, 0.4) is 0 Å². The smallest absolute Gasteiger partial charge is 0.272 e. The number of nitrogens with one attached hydrogen (secondary N) is 2. The lowest BCUT2D eigenvalue weighted by Crippen LogP contribution is -2.54. The van der Waals surface area contributed by atoms with Crippen molar-refractivity contribution in [2.75, 3.05) is 37.6 Å². The number of benzene rings is 2. The number of hydrogen-bond donors (Lipinski definition) is 2. The summed E-state index contributed by atoms with van der Waals surface area (Å²) in [5, 5.41) is 23.4. The van der Waals surface area contributed by atoms with Gasteiger partial charge < -0.3 is 19.9 Å². The Bertz CT molecular complexity index is 2160. The number of halogens is 2. The van der Waals surface area contributed by atoms with Crippen LogP contribution in [0.15, 0.2) is 42.5 Å². The first kappa shape index (κ1) is 39.4. The fourth-order valence-electron chi connectivity index (χ4n) is 9.01. The van der Waals surface area contributed by atoms with Crippen LogP contribution in [-0.2, 0) is 9.59 Å². The van der Waals surface area contributed by atoms with Crippen molar-refractivity contribution in [3.8, 4) is 11.8 Å². The van der Waals surface area contributed by atoms with Crippen LogP contribution in [0.5, 0.6) is 5.75 Å². The molecule has 4 fully saturated rings. The maximum Gasteiger partial charge on any atom is 0.272 e. The van der Waals surface area contributed by atoms with Crippen molar-refractivity contribution < 1.29 is 33.1 Å². The molecule has 1 saturated carbocycles. The third-order valence-corrected chi connectivity index (χ3v) is 12.6. The van der Waals surface area contributed by atoms with Gasteiger partial charge in [0.15, 0.2) is 11.5 Å². The summed E-state index contributed by atoms with van der Waals surface area (Å²) >= 11 is 6.14. The largest absolute Gasteiger partial charge is 0.490 e. The van der Waals surface area contributed by atoms with E-state index in [1.54, 1.807) is 24.3 Å². The molecule has 2 N–H and O–H groups in total. The fourth-order valence-corrected chi connectivity index (χ4v) is 9.22. The van der Waals surface area contributed by atoms with E-state index in [0.29, 0.717) is 40.7 Å². The Morgan fingerprint density at radius 1 is 0.897 bits per heavy atom. The number of anilines is 1. The number of nitrogens with zero attached hydrogens (tertiary/aromatic N) is 6. The number of likely N-dealkylation sites (tertiary alicyclic amines) is 1. The highest BCUT2D eigenvalue weighted by molar-refractivity contribution is 6.31. The minimum absolute atomic E-state index is 0.00714. The van der Waals surface area contributed by atoms with Crippen LogP contribution < -0.4 is 20.3 Å². The molecule has 0 radical (unpaired) electrons. The van der Waals surface area contributed by atoms with Gasteiger partial charge in [-0.1, -0.05) is 11.6 Å². The van der Waals surface area contributed by atoms with Gasteiger partial charge >= 0.3 is 0 Å². The van der Waals surface area contributed by atoms with Crippen molar-refractivity contribution in [2.24, 2.45) is 5.92 Å². The van der Waals surface area contributed by atoms with E-state index in [2.05, 4.69) is 30.6 Å². The third-order valence-electron chi connectivity index (χ3n) is 12.3. The monoisotopic (exact) mass is 810 g/mol. The molecule has 0 bridgehead atoms. The zero-order valence-electron chi connectivity index (χ0n) is 31.9. The molecule has 1 aromatic heterocycles. The highest BCUT2D eigenvalue weighted by Crippen LogP contribution is 2.36. The Kier molecular flexibility index (Phi) is 11.4. The SMILES string of the molecule is N#Cc1ccc(O[C@H]2CC[C@H](NC(=O)c3ccc(N4CCC(CN5CCC(c6cc7c(cc6F)C(=O)N(C6CCC(=O)NC6=O)C7=O)CC5)CC4)nn3)CC2)cc1Cl. The van der Waals surface area contributed by atoms with Gasteiger partial charge in [-0.15, -0.1) is 10.2 Å². The molecule has 14 nitrogen and oxygen atoms in total. The zero-order chi connectivity index (χ0) is 40.5. The highest BCUT2D eigenvalue weighted by Gasteiger charge is 2.45. The van der Waals surface area contributed by atoms with E-state index in [0.717, 1.165) is 88.0 Å². The molecule has 1 aliphatic carbocycles. The Morgan fingerprint density at radius 3 is 2.28 bits per heavy atom. The normalized spacial score (nSPS) is 23.4. The van der Waals surface area contributed by atoms with Gasteiger partial charge in [-0.3, -0.25) is 34.2 Å². The molecule has 1 unspecified atom stereocenters. The lowest BCUT2D eigenvalue weighted by Gasteiger charge is -2.38. The van der Waals surface area contributed by atoms with Crippen molar-refractivity contribution in [1.82, 2.24) is 30.6 Å². The maximum absolute atomic E-state index is 15.5. The van der Waals surface area contributed by atoms with Crippen LogP contribution in [0.1, 0.15) is 112 Å². The summed E-state index contributed by atoms with van der Waals surface area (Å²) in [6.07, 6.45) is 6.56. The van der Waals surface area contributed by atoms with Crippen LogP contribution in [0.2, 0.25) is 5.02 Å². The zero-order valence-corrected chi connectivity index (χ0v) is 32.7. The molecule has 58 heavy (non-hydrogen) atoms. The summed E-state index contributed by atoms with van der Waals surface area (Å²) in [6, 6.07) is 12.2. The van der Waals surface area contributed by atoms with Gasteiger partial charge in [-0.25, -0.2) is 4.39 Å². The van der Waals surface area contributed by atoms with E-state index < -0.39 is 35.5 Å². The van der Waals surface area contributed by atoms with Gasteiger partial charge in [0.25, 0.3) is 17.7 Å². The number of nitriles is 1.